The molecular formula is C13H17N3O4. The van der Waals surface area contributed by atoms with Crippen molar-refractivity contribution in [1.82, 2.24) is 9.88 Å². The fourth-order valence-electron chi connectivity index (χ4n) is 2.26. The van der Waals surface area contributed by atoms with Crippen LogP contribution in [-0.4, -0.2) is 50.8 Å². The number of urea groups is 1. The zero-order valence-corrected chi connectivity index (χ0v) is 11.2. The van der Waals surface area contributed by atoms with Gasteiger partial charge in [-0.25, -0.2) is 14.6 Å². The van der Waals surface area contributed by atoms with E-state index in [-0.39, 0.29) is 17.9 Å². The lowest BCUT2D eigenvalue weighted by molar-refractivity contribution is -0.000648. The number of nitrogens with zero attached hydrogens (tertiary/aromatic N) is 2. The van der Waals surface area contributed by atoms with Gasteiger partial charge in [0.05, 0.1) is 17.8 Å². The maximum absolute atomic E-state index is 12.1. The lowest BCUT2D eigenvalue weighted by Gasteiger charge is -2.36. The first kappa shape index (κ1) is 14.3. The smallest absolute Gasteiger partial charge is 0.356 e. The van der Waals surface area contributed by atoms with Gasteiger partial charge in [-0.15, -0.1) is 0 Å². The molecule has 2 heterocycles. The van der Waals surface area contributed by atoms with Crippen molar-refractivity contribution in [3.05, 3.63) is 24.0 Å². The zero-order valence-electron chi connectivity index (χ0n) is 11.2. The fourth-order valence-corrected chi connectivity index (χ4v) is 2.26. The van der Waals surface area contributed by atoms with Gasteiger partial charge in [0.15, 0.2) is 5.69 Å². The highest BCUT2D eigenvalue weighted by Gasteiger charge is 2.31. The molecule has 1 aromatic rings. The topological polar surface area (TPSA) is 103 Å². The van der Waals surface area contributed by atoms with Gasteiger partial charge in [-0.05, 0) is 31.9 Å². The summed E-state index contributed by atoms with van der Waals surface area (Å²) in [7, 11) is 0. The van der Waals surface area contributed by atoms with Crippen LogP contribution in [0.25, 0.3) is 0 Å². The van der Waals surface area contributed by atoms with Crippen molar-refractivity contribution in [2.45, 2.75) is 25.4 Å². The molecule has 108 valence electrons. The number of aromatic nitrogens is 1. The van der Waals surface area contributed by atoms with Gasteiger partial charge in [-0.1, -0.05) is 0 Å². The van der Waals surface area contributed by atoms with Crippen molar-refractivity contribution in [3.8, 4) is 0 Å². The second-order valence-electron chi connectivity index (χ2n) is 5.16. The number of amides is 2. The molecule has 0 spiro atoms. The van der Waals surface area contributed by atoms with E-state index in [0.29, 0.717) is 19.4 Å². The zero-order chi connectivity index (χ0) is 14.8. The summed E-state index contributed by atoms with van der Waals surface area (Å²) in [5.74, 6) is -1.20. The number of hydrogen-bond acceptors (Lipinski definition) is 4. The first-order valence-electron chi connectivity index (χ1n) is 6.36. The summed E-state index contributed by atoms with van der Waals surface area (Å²) >= 11 is 0. The summed E-state index contributed by atoms with van der Waals surface area (Å²) in [5, 5.41) is 21.5. The molecule has 2 rings (SSSR count). The molecule has 0 saturated carbocycles. The first-order valence-corrected chi connectivity index (χ1v) is 6.36. The van der Waals surface area contributed by atoms with Gasteiger partial charge in [0.1, 0.15) is 0 Å². The number of carbonyl (C=O) groups is 2. The van der Waals surface area contributed by atoms with E-state index in [1.807, 2.05) is 0 Å². The van der Waals surface area contributed by atoms with Gasteiger partial charge in [0, 0.05) is 12.7 Å². The molecule has 1 aromatic heterocycles. The Balaban J connectivity index is 2.10. The van der Waals surface area contributed by atoms with Crippen molar-refractivity contribution < 1.29 is 19.8 Å². The standard InChI is InChI=1S/C13H17N3O4/c1-13(20)5-3-7-16(8-13)12(19)15-9-4-2-6-14-10(9)11(17)18/h2,4,6,20H,3,5,7-8H2,1H3,(H,15,19)(H,17,18). The van der Waals surface area contributed by atoms with Crippen LogP contribution < -0.4 is 5.32 Å². The average Bonchev–Trinajstić information content (AvgIpc) is 2.38. The molecule has 7 nitrogen and oxygen atoms in total. The fraction of sp³-hybridized carbons (Fsp3) is 0.462. The Morgan fingerprint density at radius 1 is 1.50 bits per heavy atom. The molecule has 0 bridgehead atoms. The van der Waals surface area contributed by atoms with Gasteiger partial charge in [-0.2, -0.15) is 0 Å². The van der Waals surface area contributed by atoms with Crippen molar-refractivity contribution in [1.29, 1.82) is 0 Å². The Bertz CT molecular complexity index is 530. The van der Waals surface area contributed by atoms with Gasteiger partial charge < -0.3 is 20.4 Å². The third-order valence-electron chi connectivity index (χ3n) is 3.21. The monoisotopic (exact) mass is 279 g/mol. The molecule has 0 aliphatic carbocycles. The minimum atomic E-state index is -1.20. The minimum Gasteiger partial charge on any atom is -0.476 e. The molecule has 2 amide bonds. The van der Waals surface area contributed by atoms with Crippen LogP contribution in [0.5, 0.6) is 0 Å². The molecule has 7 heteroatoms. The number of carboxylic acids is 1. The molecule has 1 aliphatic heterocycles. The van der Waals surface area contributed by atoms with Crippen LogP contribution in [0.1, 0.15) is 30.3 Å². The molecule has 1 unspecified atom stereocenters. The van der Waals surface area contributed by atoms with Crippen LogP contribution in [0.15, 0.2) is 18.3 Å². The van der Waals surface area contributed by atoms with Crippen LogP contribution in [-0.2, 0) is 0 Å². The lowest BCUT2D eigenvalue weighted by Crippen LogP contribution is -2.50. The van der Waals surface area contributed by atoms with E-state index in [4.69, 9.17) is 5.11 Å². The molecule has 0 radical (unpaired) electrons. The number of piperidine rings is 1. The van der Waals surface area contributed by atoms with E-state index in [1.165, 1.54) is 17.2 Å². The Labute approximate surface area is 116 Å². The number of likely N-dealkylation sites (tertiary alicyclic amines) is 1. The molecule has 3 N–H and O–H groups in total. The lowest BCUT2D eigenvalue weighted by atomic mass is 9.95. The van der Waals surface area contributed by atoms with Crippen molar-refractivity contribution in [2.75, 3.05) is 18.4 Å². The highest BCUT2D eigenvalue weighted by atomic mass is 16.4. The van der Waals surface area contributed by atoms with Crippen LogP contribution >= 0.6 is 0 Å². The number of aromatic carboxylic acids is 1. The number of carboxylic acid groups (broad SMARTS) is 1. The van der Waals surface area contributed by atoms with E-state index in [0.717, 1.165) is 0 Å². The number of anilines is 1. The summed E-state index contributed by atoms with van der Waals surface area (Å²) in [5.41, 5.74) is -0.958. The largest absolute Gasteiger partial charge is 0.476 e. The molecule has 0 aromatic carbocycles. The SMILES string of the molecule is CC1(O)CCCN(C(=O)Nc2cccnc2C(=O)O)C1. The number of hydrogen-bond donors (Lipinski definition) is 3. The van der Waals surface area contributed by atoms with E-state index in [1.54, 1.807) is 13.0 Å². The maximum atomic E-state index is 12.1. The predicted molar refractivity (Wildman–Crippen MR) is 71.6 cm³/mol. The number of aliphatic hydroxyl groups is 1. The second-order valence-corrected chi connectivity index (χ2v) is 5.16. The number of β-amino-alcohol motifs (C(OH)–C–C–N with tert-alkyl or cyclic N) is 1. The maximum Gasteiger partial charge on any atom is 0.356 e. The Hall–Kier alpha value is -2.15. The summed E-state index contributed by atoms with van der Waals surface area (Å²) in [6.07, 6.45) is 2.70. The number of carbonyl (C=O) groups excluding carboxylic acids is 1. The van der Waals surface area contributed by atoms with Crippen LogP contribution in [0, 0.1) is 0 Å². The van der Waals surface area contributed by atoms with Gasteiger partial charge >= 0.3 is 12.0 Å². The molecule has 1 aliphatic rings. The van der Waals surface area contributed by atoms with Crippen molar-refractivity contribution >= 4 is 17.7 Å². The Morgan fingerprint density at radius 3 is 2.90 bits per heavy atom. The quantitative estimate of drug-likeness (QED) is 0.753. The molecule has 20 heavy (non-hydrogen) atoms. The summed E-state index contributed by atoms with van der Waals surface area (Å²) in [6, 6.07) is 2.60. The van der Waals surface area contributed by atoms with E-state index in [9.17, 15) is 14.7 Å². The predicted octanol–water partition coefficient (Wildman–Crippen LogP) is 1.16. The van der Waals surface area contributed by atoms with Crippen LogP contribution in [0.3, 0.4) is 0 Å². The van der Waals surface area contributed by atoms with Gasteiger partial charge in [0.2, 0.25) is 0 Å². The van der Waals surface area contributed by atoms with Crippen molar-refractivity contribution in [3.63, 3.8) is 0 Å². The average molecular weight is 279 g/mol. The second kappa shape index (κ2) is 5.46. The summed E-state index contributed by atoms with van der Waals surface area (Å²) in [6.45, 7) is 2.44. The van der Waals surface area contributed by atoms with E-state index in [2.05, 4.69) is 10.3 Å². The molecule has 1 saturated heterocycles. The highest BCUT2D eigenvalue weighted by Crippen LogP contribution is 2.21. The van der Waals surface area contributed by atoms with E-state index >= 15 is 0 Å². The minimum absolute atomic E-state index is 0.148. The van der Waals surface area contributed by atoms with Crippen molar-refractivity contribution in [2.24, 2.45) is 0 Å². The summed E-state index contributed by atoms with van der Waals surface area (Å²) in [4.78, 5) is 28.3. The van der Waals surface area contributed by atoms with Crippen LogP contribution in [0.4, 0.5) is 10.5 Å². The van der Waals surface area contributed by atoms with E-state index < -0.39 is 17.6 Å². The first-order chi connectivity index (χ1) is 9.39. The number of rotatable bonds is 2. The van der Waals surface area contributed by atoms with Gasteiger partial charge in [-0.3, -0.25) is 0 Å². The molecule has 1 atom stereocenters. The molecule has 1 fully saturated rings. The molecular weight excluding hydrogens is 262 g/mol. The third kappa shape index (κ3) is 3.24. The third-order valence-corrected chi connectivity index (χ3v) is 3.21. The van der Waals surface area contributed by atoms with Gasteiger partial charge in [0.25, 0.3) is 0 Å². The van der Waals surface area contributed by atoms with Crippen LogP contribution in [0.2, 0.25) is 0 Å². The highest BCUT2D eigenvalue weighted by molar-refractivity contribution is 5.98. The Morgan fingerprint density at radius 2 is 2.25 bits per heavy atom. The number of pyridine rings is 1. The normalized spacial score (nSPS) is 22.4. The summed E-state index contributed by atoms with van der Waals surface area (Å²) < 4.78 is 0. The number of nitrogens with one attached hydrogen (secondary N) is 1. The Kier molecular flexibility index (Phi) is 3.89.